The monoisotopic (exact) mass is 398 g/mol. The number of aromatic nitrogens is 3. The Morgan fingerprint density at radius 2 is 2.11 bits per heavy atom. The average Bonchev–Trinajstić information content (AvgIpc) is 3.49. The molecule has 0 unspecified atom stereocenters. The summed E-state index contributed by atoms with van der Waals surface area (Å²) in [5, 5.41) is 9.71. The van der Waals surface area contributed by atoms with Crippen LogP contribution in [0, 0.1) is 0 Å². The molecule has 1 saturated heterocycles. The lowest BCUT2D eigenvalue weighted by Crippen LogP contribution is -2.22. The van der Waals surface area contributed by atoms with Gasteiger partial charge in [-0.05, 0) is 43.2 Å². The summed E-state index contributed by atoms with van der Waals surface area (Å²) in [6.45, 7) is 2.58. The Balaban J connectivity index is 1.59. The van der Waals surface area contributed by atoms with Crippen molar-refractivity contribution in [2.45, 2.75) is 30.3 Å². The minimum atomic E-state index is 0.583. The van der Waals surface area contributed by atoms with Crippen LogP contribution in [0.5, 0.6) is 5.75 Å². The standard InChI is InChI=1S/C20H22N4O3S/c1-26-18-7-6-15(13-25)11-16(18)14-28-20-22-21-19(23-8-2-3-9-23)24(20)12-17-5-4-10-27-17/h4-7,10-11,13H,2-3,8-9,12,14H2,1H3. The zero-order valence-corrected chi connectivity index (χ0v) is 16.5. The number of benzene rings is 1. The third-order valence-electron chi connectivity index (χ3n) is 4.78. The van der Waals surface area contributed by atoms with Gasteiger partial charge in [-0.15, -0.1) is 10.2 Å². The van der Waals surface area contributed by atoms with Crippen molar-refractivity contribution < 1.29 is 13.9 Å². The summed E-state index contributed by atoms with van der Waals surface area (Å²) >= 11 is 1.58. The van der Waals surface area contributed by atoms with Gasteiger partial charge in [0.1, 0.15) is 17.8 Å². The molecule has 4 rings (SSSR count). The molecule has 0 spiro atoms. The van der Waals surface area contributed by atoms with Crippen LogP contribution in [0.25, 0.3) is 0 Å². The van der Waals surface area contributed by atoms with Gasteiger partial charge in [0, 0.05) is 30.0 Å². The first-order valence-electron chi connectivity index (χ1n) is 9.24. The van der Waals surface area contributed by atoms with Crippen LogP contribution in [0.1, 0.15) is 34.5 Å². The number of aldehydes is 1. The highest BCUT2D eigenvalue weighted by Gasteiger charge is 2.22. The molecule has 8 heteroatoms. The van der Waals surface area contributed by atoms with E-state index in [-0.39, 0.29) is 0 Å². The fourth-order valence-corrected chi connectivity index (χ4v) is 4.27. The molecule has 7 nitrogen and oxygen atoms in total. The smallest absolute Gasteiger partial charge is 0.228 e. The zero-order chi connectivity index (χ0) is 19.3. The number of thioether (sulfide) groups is 1. The van der Waals surface area contributed by atoms with Crippen LogP contribution in [0.3, 0.4) is 0 Å². The van der Waals surface area contributed by atoms with E-state index < -0.39 is 0 Å². The highest BCUT2D eigenvalue weighted by Crippen LogP contribution is 2.31. The van der Waals surface area contributed by atoms with Crippen molar-refractivity contribution >= 4 is 24.0 Å². The minimum Gasteiger partial charge on any atom is -0.496 e. The molecule has 0 radical (unpaired) electrons. The van der Waals surface area contributed by atoms with Gasteiger partial charge in [0.05, 0.1) is 19.9 Å². The highest BCUT2D eigenvalue weighted by molar-refractivity contribution is 7.98. The van der Waals surface area contributed by atoms with Crippen molar-refractivity contribution in [1.29, 1.82) is 0 Å². The maximum Gasteiger partial charge on any atom is 0.228 e. The molecule has 28 heavy (non-hydrogen) atoms. The number of furan rings is 1. The maximum absolute atomic E-state index is 11.1. The van der Waals surface area contributed by atoms with E-state index in [1.807, 2.05) is 24.3 Å². The van der Waals surface area contributed by atoms with Crippen LogP contribution < -0.4 is 9.64 Å². The van der Waals surface area contributed by atoms with E-state index in [0.717, 1.165) is 47.6 Å². The Morgan fingerprint density at radius 1 is 1.25 bits per heavy atom. The molecule has 3 aromatic rings. The van der Waals surface area contributed by atoms with Crippen molar-refractivity contribution in [3.8, 4) is 5.75 Å². The molecule has 0 atom stereocenters. The zero-order valence-electron chi connectivity index (χ0n) is 15.7. The molecule has 1 aliphatic rings. The molecule has 1 aliphatic heterocycles. The lowest BCUT2D eigenvalue weighted by Gasteiger charge is -2.17. The summed E-state index contributed by atoms with van der Waals surface area (Å²) in [5.41, 5.74) is 1.58. The topological polar surface area (TPSA) is 73.4 Å². The van der Waals surface area contributed by atoms with Crippen molar-refractivity contribution in [3.05, 3.63) is 53.5 Å². The number of hydrogen-bond donors (Lipinski definition) is 0. The van der Waals surface area contributed by atoms with Crippen LogP contribution in [-0.2, 0) is 12.3 Å². The second kappa shape index (κ2) is 8.52. The van der Waals surface area contributed by atoms with E-state index in [4.69, 9.17) is 9.15 Å². The van der Waals surface area contributed by atoms with E-state index in [9.17, 15) is 4.79 Å². The Morgan fingerprint density at radius 3 is 2.82 bits per heavy atom. The summed E-state index contributed by atoms with van der Waals surface area (Å²) in [7, 11) is 1.63. The van der Waals surface area contributed by atoms with Gasteiger partial charge in [-0.1, -0.05) is 11.8 Å². The van der Waals surface area contributed by atoms with Crippen molar-refractivity contribution in [2.24, 2.45) is 0 Å². The molecule has 0 aliphatic carbocycles. The maximum atomic E-state index is 11.1. The second-order valence-corrected chi connectivity index (χ2v) is 7.56. The lowest BCUT2D eigenvalue weighted by atomic mass is 10.1. The van der Waals surface area contributed by atoms with E-state index in [0.29, 0.717) is 17.9 Å². The number of methoxy groups -OCH3 is 1. The molecule has 0 bridgehead atoms. The van der Waals surface area contributed by atoms with Crippen LogP contribution in [-0.4, -0.2) is 41.2 Å². The van der Waals surface area contributed by atoms with Crippen LogP contribution in [0.15, 0.2) is 46.2 Å². The SMILES string of the molecule is COc1ccc(C=O)cc1CSc1nnc(N2CCCC2)n1Cc1ccco1. The van der Waals surface area contributed by atoms with Crippen molar-refractivity contribution in [1.82, 2.24) is 14.8 Å². The van der Waals surface area contributed by atoms with Gasteiger partial charge in [0.15, 0.2) is 5.16 Å². The van der Waals surface area contributed by atoms with Gasteiger partial charge >= 0.3 is 0 Å². The van der Waals surface area contributed by atoms with Crippen LogP contribution >= 0.6 is 11.8 Å². The van der Waals surface area contributed by atoms with Gasteiger partial charge in [-0.2, -0.15) is 0 Å². The Bertz CT molecular complexity index is 933. The van der Waals surface area contributed by atoms with Crippen LogP contribution in [0.4, 0.5) is 5.95 Å². The number of ether oxygens (including phenoxy) is 1. The quantitative estimate of drug-likeness (QED) is 0.424. The summed E-state index contributed by atoms with van der Waals surface area (Å²) in [5.74, 6) is 3.13. The van der Waals surface area contributed by atoms with Crippen LogP contribution in [0.2, 0.25) is 0 Å². The number of rotatable bonds is 8. The van der Waals surface area contributed by atoms with Crippen molar-refractivity contribution in [2.75, 3.05) is 25.1 Å². The largest absolute Gasteiger partial charge is 0.496 e. The van der Waals surface area contributed by atoms with E-state index in [1.165, 1.54) is 12.8 Å². The number of anilines is 1. The summed E-state index contributed by atoms with van der Waals surface area (Å²) in [6, 6.07) is 9.28. The molecule has 3 heterocycles. The average molecular weight is 398 g/mol. The third-order valence-corrected chi connectivity index (χ3v) is 5.79. The molecule has 1 aromatic carbocycles. The van der Waals surface area contributed by atoms with E-state index in [2.05, 4.69) is 19.7 Å². The fourth-order valence-electron chi connectivity index (χ4n) is 3.36. The molecular formula is C20H22N4O3S. The molecule has 1 fully saturated rings. The van der Waals surface area contributed by atoms with E-state index in [1.54, 1.807) is 31.2 Å². The number of hydrogen-bond acceptors (Lipinski definition) is 7. The predicted octanol–water partition coefficient (Wildman–Crippen LogP) is 3.63. The minimum absolute atomic E-state index is 0.583. The summed E-state index contributed by atoms with van der Waals surface area (Å²) in [4.78, 5) is 13.4. The molecule has 0 amide bonds. The predicted molar refractivity (Wildman–Crippen MR) is 107 cm³/mol. The van der Waals surface area contributed by atoms with Gasteiger partial charge in [-0.3, -0.25) is 9.36 Å². The summed E-state index contributed by atoms with van der Waals surface area (Å²) < 4.78 is 13.1. The third kappa shape index (κ3) is 3.91. The molecule has 0 saturated carbocycles. The van der Waals surface area contributed by atoms with Gasteiger partial charge < -0.3 is 14.1 Å². The number of nitrogens with zero attached hydrogens (tertiary/aromatic N) is 4. The Hall–Kier alpha value is -2.74. The van der Waals surface area contributed by atoms with Crippen molar-refractivity contribution in [3.63, 3.8) is 0 Å². The molecular weight excluding hydrogens is 376 g/mol. The van der Waals surface area contributed by atoms with E-state index >= 15 is 0 Å². The number of carbonyl (C=O) groups excluding carboxylic acids is 1. The summed E-state index contributed by atoms with van der Waals surface area (Å²) in [6.07, 6.45) is 4.87. The van der Waals surface area contributed by atoms with Gasteiger partial charge in [0.2, 0.25) is 5.95 Å². The Kier molecular flexibility index (Phi) is 5.66. The van der Waals surface area contributed by atoms with Gasteiger partial charge in [0.25, 0.3) is 0 Å². The second-order valence-electron chi connectivity index (χ2n) is 6.62. The lowest BCUT2D eigenvalue weighted by molar-refractivity contribution is 0.112. The first-order chi connectivity index (χ1) is 13.8. The fraction of sp³-hybridized carbons (Fsp3) is 0.350. The molecule has 2 aromatic heterocycles. The highest BCUT2D eigenvalue weighted by atomic mass is 32.2. The Labute approximate surface area is 167 Å². The normalized spacial score (nSPS) is 13.8. The van der Waals surface area contributed by atoms with Gasteiger partial charge in [-0.25, -0.2) is 0 Å². The molecule has 0 N–H and O–H groups in total. The number of carbonyl (C=O) groups is 1. The molecule has 146 valence electrons. The first kappa shape index (κ1) is 18.6. The first-order valence-corrected chi connectivity index (χ1v) is 10.2.